The van der Waals surface area contributed by atoms with Crippen LogP contribution in [-0.2, 0) is 16.1 Å². The molecule has 108 valence electrons. The number of imide groups is 1. The highest BCUT2D eigenvalue weighted by atomic mass is 35.5. The Labute approximate surface area is 124 Å². The van der Waals surface area contributed by atoms with Gasteiger partial charge in [0.15, 0.2) is 0 Å². The van der Waals surface area contributed by atoms with Gasteiger partial charge in [-0.2, -0.15) is 0 Å². The van der Waals surface area contributed by atoms with Crippen molar-refractivity contribution < 1.29 is 9.59 Å². The van der Waals surface area contributed by atoms with Crippen molar-refractivity contribution in [2.24, 2.45) is 5.41 Å². The Hall–Kier alpha value is -1.39. The Morgan fingerprint density at radius 1 is 1.20 bits per heavy atom. The van der Waals surface area contributed by atoms with Gasteiger partial charge in [0.25, 0.3) is 0 Å². The SMILES string of the molecule is Cl.O=C1CC2(CCCNC2)C(=O)N1Cc1ccccc1. The molecule has 2 aliphatic rings. The Kier molecular flexibility index (Phi) is 4.45. The van der Waals surface area contributed by atoms with Crippen molar-refractivity contribution in [3.8, 4) is 0 Å². The van der Waals surface area contributed by atoms with Crippen LogP contribution in [0.25, 0.3) is 0 Å². The highest BCUT2D eigenvalue weighted by Gasteiger charge is 2.51. The number of halogens is 1. The van der Waals surface area contributed by atoms with Crippen LogP contribution in [0.2, 0.25) is 0 Å². The lowest BCUT2D eigenvalue weighted by Gasteiger charge is -2.31. The number of hydrogen-bond acceptors (Lipinski definition) is 3. The molecule has 2 fully saturated rings. The molecule has 5 heteroatoms. The van der Waals surface area contributed by atoms with Crippen molar-refractivity contribution in [3.05, 3.63) is 35.9 Å². The molecule has 2 saturated heterocycles. The Bertz CT molecular complexity index is 498. The van der Waals surface area contributed by atoms with Crippen LogP contribution in [-0.4, -0.2) is 29.8 Å². The molecule has 1 unspecified atom stereocenters. The van der Waals surface area contributed by atoms with Gasteiger partial charge < -0.3 is 5.32 Å². The van der Waals surface area contributed by atoms with E-state index in [2.05, 4.69) is 5.32 Å². The molecule has 1 aromatic carbocycles. The zero-order chi connectivity index (χ0) is 13.3. The average molecular weight is 295 g/mol. The van der Waals surface area contributed by atoms with Crippen LogP contribution in [0.15, 0.2) is 30.3 Å². The Morgan fingerprint density at radius 3 is 2.60 bits per heavy atom. The van der Waals surface area contributed by atoms with Crippen LogP contribution in [0.5, 0.6) is 0 Å². The van der Waals surface area contributed by atoms with E-state index in [1.807, 2.05) is 30.3 Å². The van der Waals surface area contributed by atoms with Crippen LogP contribution < -0.4 is 5.32 Å². The molecule has 1 spiro atoms. The van der Waals surface area contributed by atoms with Crippen molar-refractivity contribution in [2.45, 2.75) is 25.8 Å². The van der Waals surface area contributed by atoms with E-state index in [0.29, 0.717) is 19.5 Å². The van der Waals surface area contributed by atoms with Crippen LogP contribution in [0.4, 0.5) is 0 Å². The maximum absolute atomic E-state index is 12.6. The zero-order valence-electron chi connectivity index (χ0n) is 11.3. The third-order valence-electron chi connectivity index (χ3n) is 4.15. The number of carbonyl (C=O) groups excluding carboxylic acids is 2. The second-order valence-electron chi connectivity index (χ2n) is 5.51. The Morgan fingerprint density at radius 2 is 1.95 bits per heavy atom. The van der Waals surface area contributed by atoms with Gasteiger partial charge in [0.2, 0.25) is 11.8 Å². The van der Waals surface area contributed by atoms with Crippen LogP contribution in [0.3, 0.4) is 0 Å². The van der Waals surface area contributed by atoms with E-state index in [9.17, 15) is 9.59 Å². The molecule has 0 aromatic heterocycles. The molecular weight excluding hydrogens is 276 g/mol. The first-order valence-electron chi connectivity index (χ1n) is 6.81. The minimum atomic E-state index is -0.468. The van der Waals surface area contributed by atoms with Gasteiger partial charge in [-0.1, -0.05) is 30.3 Å². The van der Waals surface area contributed by atoms with Gasteiger partial charge in [-0.3, -0.25) is 14.5 Å². The summed E-state index contributed by atoms with van der Waals surface area (Å²) < 4.78 is 0. The topological polar surface area (TPSA) is 49.4 Å². The minimum Gasteiger partial charge on any atom is -0.316 e. The van der Waals surface area contributed by atoms with Gasteiger partial charge in [-0.15, -0.1) is 12.4 Å². The first kappa shape index (κ1) is 15.0. The van der Waals surface area contributed by atoms with Crippen LogP contribution in [0, 0.1) is 5.41 Å². The quantitative estimate of drug-likeness (QED) is 0.845. The van der Waals surface area contributed by atoms with Gasteiger partial charge in [0.1, 0.15) is 0 Å². The number of rotatable bonds is 2. The monoisotopic (exact) mass is 294 g/mol. The summed E-state index contributed by atoms with van der Waals surface area (Å²) in [6.45, 7) is 1.99. The van der Waals surface area contributed by atoms with Crippen LogP contribution >= 0.6 is 12.4 Å². The highest BCUT2D eigenvalue weighted by molar-refractivity contribution is 6.06. The number of hydrogen-bond donors (Lipinski definition) is 1. The van der Waals surface area contributed by atoms with Crippen molar-refractivity contribution in [2.75, 3.05) is 13.1 Å². The van der Waals surface area contributed by atoms with E-state index >= 15 is 0 Å². The van der Waals surface area contributed by atoms with Crippen molar-refractivity contribution in [1.82, 2.24) is 10.2 Å². The molecular formula is C15H19ClN2O2. The van der Waals surface area contributed by atoms with Gasteiger partial charge in [0, 0.05) is 13.0 Å². The van der Waals surface area contributed by atoms with Crippen LogP contribution in [0.1, 0.15) is 24.8 Å². The van der Waals surface area contributed by atoms with Crippen molar-refractivity contribution in [3.63, 3.8) is 0 Å². The molecule has 2 heterocycles. The summed E-state index contributed by atoms with van der Waals surface area (Å²) in [7, 11) is 0. The summed E-state index contributed by atoms with van der Waals surface area (Å²) >= 11 is 0. The van der Waals surface area contributed by atoms with Gasteiger partial charge in [-0.25, -0.2) is 0 Å². The summed E-state index contributed by atoms with van der Waals surface area (Å²) in [6, 6.07) is 9.69. The number of likely N-dealkylation sites (tertiary alicyclic amines) is 1. The number of nitrogens with zero attached hydrogens (tertiary/aromatic N) is 1. The fourth-order valence-corrected chi connectivity index (χ4v) is 3.09. The maximum Gasteiger partial charge on any atom is 0.237 e. The van der Waals surface area contributed by atoms with E-state index in [4.69, 9.17) is 0 Å². The molecule has 0 radical (unpaired) electrons. The summed E-state index contributed by atoms with van der Waals surface area (Å²) in [5.74, 6) is -0.0221. The Balaban J connectivity index is 0.00000147. The summed E-state index contributed by atoms with van der Waals surface area (Å²) in [4.78, 5) is 26.1. The maximum atomic E-state index is 12.6. The predicted molar refractivity (Wildman–Crippen MR) is 78.4 cm³/mol. The number of piperidine rings is 1. The largest absolute Gasteiger partial charge is 0.316 e. The molecule has 0 bridgehead atoms. The molecule has 4 nitrogen and oxygen atoms in total. The number of amides is 2. The first-order valence-corrected chi connectivity index (χ1v) is 6.81. The fourth-order valence-electron chi connectivity index (χ4n) is 3.09. The van der Waals surface area contributed by atoms with E-state index in [-0.39, 0.29) is 24.2 Å². The lowest BCUT2D eigenvalue weighted by molar-refractivity contribution is -0.142. The third kappa shape index (κ3) is 2.58. The summed E-state index contributed by atoms with van der Waals surface area (Å²) in [6.07, 6.45) is 2.17. The normalized spacial score (nSPS) is 25.9. The number of carbonyl (C=O) groups is 2. The average Bonchev–Trinajstić information content (AvgIpc) is 2.66. The van der Waals surface area contributed by atoms with E-state index in [1.54, 1.807) is 0 Å². The second-order valence-corrected chi connectivity index (χ2v) is 5.51. The predicted octanol–water partition coefficient (Wildman–Crippen LogP) is 1.74. The minimum absolute atomic E-state index is 0. The van der Waals surface area contributed by atoms with E-state index < -0.39 is 5.41 Å². The first-order chi connectivity index (χ1) is 9.21. The molecule has 0 aliphatic carbocycles. The molecule has 2 aliphatic heterocycles. The zero-order valence-corrected chi connectivity index (χ0v) is 12.1. The summed E-state index contributed by atoms with van der Waals surface area (Å²) in [5.41, 5.74) is 0.537. The fraction of sp³-hybridized carbons (Fsp3) is 0.467. The van der Waals surface area contributed by atoms with Crippen molar-refractivity contribution in [1.29, 1.82) is 0 Å². The number of benzene rings is 1. The molecule has 1 N–H and O–H groups in total. The molecule has 1 aromatic rings. The van der Waals surface area contributed by atoms with Gasteiger partial charge >= 0.3 is 0 Å². The van der Waals surface area contributed by atoms with E-state index in [1.165, 1.54) is 4.90 Å². The molecule has 3 rings (SSSR count). The lowest BCUT2D eigenvalue weighted by Crippen LogP contribution is -2.45. The standard InChI is InChI=1S/C15H18N2O2.ClH/c18-13-9-15(7-4-8-16-11-15)14(19)17(13)10-12-5-2-1-3-6-12;/h1-3,5-6,16H,4,7-11H2;1H. The molecule has 0 saturated carbocycles. The molecule has 2 amide bonds. The smallest absolute Gasteiger partial charge is 0.237 e. The number of nitrogens with one attached hydrogen (secondary N) is 1. The molecule has 20 heavy (non-hydrogen) atoms. The van der Waals surface area contributed by atoms with E-state index in [0.717, 1.165) is 24.9 Å². The van der Waals surface area contributed by atoms with Crippen molar-refractivity contribution >= 4 is 24.2 Å². The second kappa shape index (κ2) is 5.94. The van der Waals surface area contributed by atoms with Gasteiger partial charge in [0.05, 0.1) is 12.0 Å². The van der Waals surface area contributed by atoms with Gasteiger partial charge in [-0.05, 0) is 24.9 Å². The highest BCUT2D eigenvalue weighted by Crippen LogP contribution is 2.39. The lowest BCUT2D eigenvalue weighted by atomic mass is 9.79. The third-order valence-corrected chi connectivity index (χ3v) is 4.15. The molecule has 1 atom stereocenters. The summed E-state index contributed by atoms with van der Waals surface area (Å²) in [5, 5.41) is 3.25.